The molecule has 11 heteroatoms. The minimum Gasteiger partial charge on any atom is -0.444 e. The van der Waals surface area contributed by atoms with Gasteiger partial charge < -0.3 is 14.6 Å². The molecule has 2 aliphatic rings. The number of ether oxygens (including phenoxy) is 1. The molecule has 2 fully saturated rings. The van der Waals surface area contributed by atoms with Gasteiger partial charge in [-0.25, -0.2) is 18.2 Å². The summed E-state index contributed by atoms with van der Waals surface area (Å²) in [6.07, 6.45) is 2.35. The van der Waals surface area contributed by atoms with Crippen LogP contribution in [-0.4, -0.2) is 71.4 Å². The molecule has 2 saturated heterocycles. The summed E-state index contributed by atoms with van der Waals surface area (Å²) in [6.45, 7) is 6.42. The van der Waals surface area contributed by atoms with Crippen molar-refractivity contribution in [2.45, 2.75) is 56.5 Å². The summed E-state index contributed by atoms with van der Waals surface area (Å²) in [5.74, 6) is 0.360. The van der Waals surface area contributed by atoms with Gasteiger partial charge in [0.15, 0.2) is 5.82 Å². The lowest BCUT2D eigenvalue weighted by molar-refractivity contribution is 0.0123. The summed E-state index contributed by atoms with van der Waals surface area (Å²) in [4.78, 5) is 39.4. The van der Waals surface area contributed by atoms with Crippen LogP contribution < -0.4 is 10.5 Å². The van der Waals surface area contributed by atoms with Crippen LogP contribution in [0.2, 0.25) is 0 Å². The Morgan fingerprint density at radius 1 is 1.17 bits per heavy atom. The molecule has 2 aromatic rings. The molecular weight excluding hydrogens is 410 g/mol. The molecule has 1 amide bonds. The van der Waals surface area contributed by atoms with E-state index >= 15 is 0 Å². The molecule has 2 atom stereocenters. The molecule has 2 aliphatic heterocycles. The van der Waals surface area contributed by atoms with Gasteiger partial charge >= 0.3 is 6.09 Å². The van der Waals surface area contributed by atoms with E-state index in [4.69, 9.17) is 4.74 Å². The Bertz CT molecular complexity index is 1160. The molecule has 0 unspecified atom stereocenters. The van der Waals surface area contributed by atoms with Crippen molar-refractivity contribution in [2.75, 3.05) is 24.2 Å². The molecule has 0 aliphatic carbocycles. The van der Waals surface area contributed by atoms with E-state index in [1.54, 1.807) is 4.90 Å². The summed E-state index contributed by atoms with van der Waals surface area (Å²) in [6, 6.07) is 2.62. The highest BCUT2D eigenvalue weighted by Gasteiger charge is 2.45. The zero-order valence-electron chi connectivity index (χ0n) is 17.4. The van der Waals surface area contributed by atoms with Crippen LogP contribution in [0.4, 0.5) is 10.6 Å². The zero-order valence-corrected chi connectivity index (χ0v) is 18.2. The van der Waals surface area contributed by atoms with Gasteiger partial charge in [-0.3, -0.25) is 9.69 Å². The molecule has 4 rings (SSSR count). The van der Waals surface area contributed by atoms with Gasteiger partial charge in [0.05, 0.1) is 17.6 Å². The highest BCUT2D eigenvalue weighted by Crippen LogP contribution is 2.35. The zero-order chi connectivity index (χ0) is 21.8. The number of amides is 1. The van der Waals surface area contributed by atoms with E-state index in [0.717, 1.165) is 19.1 Å². The molecule has 162 valence electrons. The van der Waals surface area contributed by atoms with Crippen molar-refractivity contribution in [1.29, 1.82) is 0 Å². The fourth-order valence-corrected chi connectivity index (χ4v) is 4.60. The Labute approximate surface area is 174 Å². The first-order valence-corrected chi connectivity index (χ1v) is 11.7. The number of nitrogens with one attached hydrogen (secondary N) is 1. The number of hydrogen-bond donors (Lipinski definition) is 1. The Morgan fingerprint density at radius 3 is 2.37 bits per heavy atom. The van der Waals surface area contributed by atoms with Gasteiger partial charge in [-0.15, -0.1) is 0 Å². The number of pyridine rings is 1. The molecule has 4 heterocycles. The fourth-order valence-electron chi connectivity index (χ4n) is 4.09. The van der Waals surface area contributed by atoms with Crippen molar-refractivity contribution in [3.05, 3.63) is 22.5 Å². The SMILES string of the molecule is CC(C)(C)OC(=O)N1[C@@H]2CC[C@H]1CN(c1nc(S(C)(=O)=O)nc3ccc(=O)[nH]c13)C2. The van der Waals surface area contributed by atoms with Crippen LogP contribution in [0.1, 0.15) is 33.6 Å². The number of piperazine rings is 1. The number of rotatable bonds is 2. The number of carbonyl (C=O) groups is 1. The third kappa shape index (κ3) is 3.85. The Hall–Kier alpha value is -2.69. The predicted molar refractivity (Wildman–Crippen MR) is 110 cm³/mol. The van der Waals surface area contributed by atoms with Gasteiger partial charge in [-0.05, 0) is 39.7 Å². The minimum absolute atomic E-state index is 0.0827. The summed E-state index contributed by atoms with van der Waals surface area (Å²) in [7, 11) is -3.65. The second-order valence-electron chi connectivity index (χ2n) is 8.86. The van der Waals surface area contributed by atoms with E-state index in [2.05, 4.69) is 15.0 Å². The number of carbonyl (C=O) groups excluding carboxylic acids is 1. The van der Waals surface area contributed by atoms with Crippen LogP contribution in [0.25, 0.3) is 11.0 Å². The summed E-state index contributed by atoms with van der Waals surface area (Å²) >= 11 is 0. The normalized spacial score (nSPS) is 21.9. The van der Waals surface area contributed by atoms with E-state index < -0.39 is 15.4 Å². The number of aromatic amines is 1. The smallest absolute Gasteiger partial charge is 0.410 e. The van der Waals surface area contributed by atoms with Gasteiger partial charge in [0.1, 0.15) is 11.1 Å². The predicted octanol–water partition coefficient (Wildman–Crippen LogP) is 1.31. The van der Waals surface area contributed by atoms with E-state index in [9.17, 15) is 18.0 Å². The Kier molecular flexibility index (Phi) is 4.75. The van der Waals surface area contributed by atoms with Crippen LogP contribution in [-0.2, 0) is 14.6 Å². The number of sulfone groups is 1. The average molecular weight is 436 g/mol. The molecule has 2 aromatic heterocycles. The largest absolute Gasteiger partial charge is 0.444 e. The number of hydrogen-bond acceptors (Lipinski definition) is 8. The maximum atomic E-state index is 12.7. The van der Waals surface area contributed by atoms with Crippen LogP contribution in [0.3, 0.4) is 0 Å². The summed E-state index contributed by atoms with van der Waals surface area (Å²) in [5, 5.41) is -0.293. The number of H-pyrrole nitrogens is 1. The highest BCUT2D eigenvalue weighted by molar-refractivity contribution is 7.90. The van der Waals surface area contributed by atoms with E-state index in [1.807, 2.05) is 25.7 Å². The molecule has 1 N–H and O–H groups in total. The third-order valence-electron chi connectivity index (χ3n) is 5.26. The van der Waals surface area contributed by atoms with Crippen LogP contribution >= 0.6 is 0 Å². The van der Waals surface area contributed by atoms with Crippen molar-refractivity contribution < 1.29 is 17.9 Å². The standard InChI is InChI=1S/C19H25N5O5S/c1-19(2,3)29-18(26)24-11-5-6-12(24)10-23(9-11)16-15-13(7-8-14(25)21-15)20-17(22-16)30(4,27)28/h7-8,11-12H,5-6,9-10H2,1-4H3,(H,21,25)/t11-,12+. The average Bonchev–Trinajstić information content (AvgIpc) is 2.89. The van der Waals surface area contributed by atoms with Crippen molar-refractivity contribution in [3.8, 4) is 0 Å². The van der Waals surface area contributed by atoms with Crippen molar-refractivity contribution in [3.63, 3.8) is 0 Å². The molecule has 10 nitrogen and oxygen atoms in total. The first-order chi connectivity index (χ1) is 13.9. The van der Waals surface area contributed by atoms with Gasteiger partial charge in [0, 0.05) is 25.4 Å². The first-order valence-electron chi connectivity index (χ1n) is 9.80. The quantitative estimate of drug-likeness (QED) is 0.700. The highest BCUT2D eigenvalue weighted by atomic mass is 32.2. The second kappa shape index (κ2) is 6.93. The number of aromatic nitrogens is 3. The molecule has 2 bridgehead atoms. The Balaban J connectivity index is 1.72. The maximum absolute atomic E-state index is 12.7. The van der Waals surface area contributed by atoms with E-state index in [-0.39, 0.29) is 28.9 Å². The Morgan fingerprint density at radius 2 is 1.80 bits per heavy atom. The monoisotopic (exact) mass is 435 g/mol. The lowest BCUT2D eigenvalue weighted by Crippen LogP contribution is -2.57. The molecule has 0 spiro atoms. The van der Waals surface area contributed by atoms with Crippen LogP contribution in [0.15, 0.2) is 22.1 Å². The van der Waals surface area contributed by atoms with Gasteiger partial charge in [0.2, 0.25) is 20.6 Å². The molecular formula is C19H25N5O5S. The number of fused-ring (bicyclic) bond motifs is 3. The lowest BCUT2D eigenvalue weighted by Gasteiger charge is -2.41. The number of nitrogens with zero attached hydrogens (tertiary/aromatic N) is 4. The van der Waals surface area contributed by atoms with Crippen LogP contribution in [0.5, 0.6) is 0 Å². The van der Waals surface area contributed by atoms with E-state index in [0.29, 0.717) is 29.9 Å². The maximum Gasteiger partial charge on any atom is 0.410 e. The van der Waals surface area contributed by atoms with Crippen LogP contribution in [0, 0.1) is 0 Å². The molecule has 0 radical (unpaired) electrons. The number of anilines is 1. The first kappa shape index (κ1) is 20.6. The van der Waals surface area contributed by atoms with Gasteiger partial charge in [0.25, 0.3) is 0 Å². The van der Waals surface area contributed by atoms with E-state index in [1.165, 1.54) is 12.1 Å². The summed E-state index contributed by atoms with van der Waals surface area (Å²) < 4.78 is 29.8. The molecule has 0 aromatic carbocycles. The van der Waals surface area contributed by atoms with Gasteiger partial charge in [-0.1, -0.05) is 0 Å². The minimum atomic E-state index is -3.65. The molecule has 0 saturated carbocycles. The van der Waals surface area contributed by atoms with Gasteiger partial charge in [-0.2, -0.15) is 4.98 Å². The van der Waals surface area contributed by atoms with Crippen molar-refractivity contribution in [2.24, 2.45) is 0 Å². The lowest BCUT2D eigenvalue weighted by atomic mass is 10.2. The van der Waals surface area contributed by atoms with Crippen molar-refractivity contribution in [1.82, 2.24) is 19.9 Å². The fraction of sp³-hybridized carbons (Fsp3) is 0.579. The summed E-state index contributed by atoms with van der Waals surface area (Å²) in [5.41, 5.74) is -0.169. The third-order valence-corrected chi connectivity index (χ3v) is 6.10. The van der Waals surface area contributed by atoms with Crippen molar-refractivity contribution >= 4 is 32.8 Å². The topological polar surface area (TPSA) is 126 Å². The molecule has 30 heavy (non-hydrogen) atoms. The second-order valence-corrected chi connectivity index (χ2v) is 10.8.